The van der Waals surface area contributed by atoms with Crippen LogP contribution in [-0.4, -0.2) is 40.8 Å². The number of ether oxygens (including phenoxy) is 2. The summed E-state index contributed by atoms with van der Waals surface area (Å²) in [5, 5.41) is 2.77. The first-order chi connectivity index (χ1) is 14.7. The highest BCUT2D eigenvalue weighted by atomic mass is 19.4. The minimum Gasteiger partial charge on any atom is -0.481 e. The lowest BCUT2D eigenvalue weighted by molar-refractivity contribution is -0.153. The van der Waals surface area contributed by atoms with E-state index in [0.717, 1.165) is 0 Å². The van der Waals surface area contributed by atoms with Crippen molar-refractivity contribution in [3.05, 3.63) is 41.6 Å². The van der Waals surface area contributed by atoms with Crippen molar-refractivity contribution >= 4 is 28.6 Å². The Bertz CT molecular complexity index is 1100. The third-order valence-electron chi connectivity index (χ3n) is 4.37. The molecule has 0 aliphatic heterocycles. The van der Waals surface area contributed by atoms with Gasteiger partial charge in [-0.1, -0.05) is 6.92 Å². The van der Waals surface area contributed by atoms with Crippen LogP contribution in [0.3, 0.4) is 0 Å². The number of alkyl halides is 3. The lowest BCUT2D eigenvalue weighted by Gasteiger charge is -2.11. The van der Waals surface area contributed by atoms with Gasteiger partial charge >= 0.3 is 12.1 Å². The molecular formula is C20H20F3N3O5. The van der Waals surface area contributed by atoms with Gasteiger partial charge in [-0.05, 0) is 31.5 Å². The van der Waals surface area contributed by atoms with Crippen LogP contribution < -0.4 is 10.1 Å². The van der Waals surface area contributed by atoms with E-state index in [2.05, 4.69) is 10.3 Å². The zero-order valence-electron chi connectivity index (χ0n) is 17.0. The van der Waals surface area contributed by atoms with Crippen LogP contribution in [0.5, 0.6) is 5.75 Å². The van der Waals surface area contributed by atoms with Gasteiger partial charge in [0.25, 0.3) is 5.91 Å². The van der Waals surface area contributed by atoms with E-state index >= 15 is 0 Å². The van der Waals surface area contributed by atoms with Crippen molar-refractivity contribution in [2.24, 2.45) is 7.05 Å². The Morgan fingerprint density at radius 1 is 1.29 bits per heavy atom. The number of carbonyl (C=O) groups excluding carboxylic acids is 2. The first kappa shape index (κ1) is 22.2. The number of amides is 1. The number of hydrogen-bond donors (Lipinski definition) is 1. The molecule has 0 aliphatic carbocycles. The summed E-state index contributed by atoms with van der Waals surface area (Å²) >= 11 is 0. The molecule has 0 radical (unpaired) electrons. The first-order valence-corrected chi connectivity index (χ1v) is 9.40. The van der Waals surface area contributed by atoms with E-state index in [1.807, 2.05) is 0 Å². The maximum absolute atomic E-state index is 12.8. The Hall–Kier alpha value is -3.50. The van der Waals surface area contributed by atoms with E-state index in [9.17, 15) is 22.8 Å². The fourth-order valence-electron chi connectivity index (χ4n) is 3.05. The van der Waals surface area contributed by atoms with Gasteiger partial charge in [0.2, 0.25) is 0 Å². The lowest BCUT2D eigenvalue weighted by Crippen LogP contribution is -2.20. The summed E-state index contributed by atoms with van der Waals surface area (Å²) in [6, 6.07) is 4.44. The highest BCUT2D eigenvalue weighted by Crippen LogP contribution is 2.36. The Kier molecular flexibility index (Phi) is 6.23. The van der Waals surface area contributed by atoms with Gasteiger partial charge in [-0.15, -0.1) is 0 Å². The standard InChI is InChI=1S/C20H20F3N3O5/c1-4-12-13(25-18(27)14-7-6-8-30-14)9-11-16(31-10-20(21,22)23)15(19(28)29-5-2)26(3)17(11)24-12/h6-9H,4-5,10H2,1-3H3,(H,25,27). The monoisotopic (exact) mass is 439 g/mol. The zero-order chi connectivity index (χ0) is 22.8. The van der Waals surface area contributed by atoms with Crippen LogP contribution in [0.15, 0.2) is 28.9 Å². The topological polar surface area (TPSA) is 95.6 Å². The van der Waals surface area contributed by atoms with Gasteiger partial charge in [0.15, 0.2) is 23.8 Å². The van der Waals surface area contributed by atoms with Crippen LogP contribution in [0, 0.1) is 0 Å². The van der Waals surface area contributed by atoms with E-state index in [1.54, 1.807) is 19.9 Å². The Morgan fingerprint density at radius 3 is 2.61 bits per heavy atom. The van der Waals surface area contributed by atoms with Crippen LogP contribution in [0.25, 0.3) is 11.0 Å². The Balaban J connectivity index is 2.14. The molecule has 0 saturated carbocycles. The number of halogens is 3. The zero-order valence-corrected chi connectivity index (χ0v) is 17.0. The third-order valence-corrected chi connectivity index (χ3v) is 4.37. The van der Waals surface area contributed by atoms with E-state index in [-0.39, 0.29) is 40.5 Å². The van der Waals surface area contributed by atoms with Gasteiger partial charge in [-0.2, -0.15) is 13.2 Å². The molecule has 0 atom stereocenters. The predicted octanol–water partition coefficient (Wildman–Crippen LogP) is 4.10. The number of rotatable bonds is 7. The number of esters is 1. The van der Waals surface area contributed by atoms with Gasteiger partial charge < -0.3 is 23.8 Å². The number of hydrogen-bond acceptors (Lipinski definition) is 6. The van der Waals surface area contributed by atoms with Gasteiger partial charge in [0.1, 0.15) is 5.65 Å². The smallest absolute Gasteiger partial charge is 0.422 e. The Morgan fingerprint density at radius 2 is 2.03 bits per heavy atom. The maximum atomic E-state index is 12.8. The number of carbonyl (C=O) groups is 2. The molecule has 3 rings (SSSR count). The van der Waals surface area contributed by atoms with Crippen LogP contribution in [0.2, 0.25) is 0 Å². The molecule has 0 bridgehead atoms. The fourth-order valence-corrected chi connectivity index (χ4v) is 3.05. The first-order valence-electron chi connectivity index (χ1n) is 9.40. The molecule has 1 N–H and O–H groups in total. The summed E-state index contributed by atoms with van der Waals surface area (Å²) < 4.78 is 54.8. The normalized spacial score (nSPS) is 11.5. The van der Waals surface area contributed by atoms with Crippen molar-refractivity contribution in [2.45, 2.75) is 26.4 Å². The SMILES string of the molecule is CCOC(=O)c1c(OCC(F)(F)F)c2cc(NC(=O)c3ccco3)c(CC)nc2n1C. The van der Waals surface area contributed by atoms with Crippen molar-refractivity contribution in [3.8, 4) is 5.75 Å². The Labute approximate surface area is 174 Å². The van der Waals surface area contributed by atoms with Crippen LogP contribution in [0.4, 0.5) is 18.9 Å². The molecule has 0 aromatic carbocycles. The fraction of sp³-hybridized carbons (Fsp3) is 0.350. The average Bonchev–Trinajstić information content (AvgIpc) is 3.32. The molecule has 0 aliphatic rings. The van der Waals surface area contributed by atoms with E-state index in [1.165, 1.54) is 30.0 Å². The number of anilines is 1. The van der Waals surface area contributed by atoms with Crippen LogP contribution in [0.1, 0.15) is 40.6 Å². The summed E-state index contributed by atoms with van der Waals surface area (Å²) in [6.07, 6.45) is -2.88. The van der Waals surface area contributed by atoms with Gasteiger partial charge in [0, 0.05) is 7.05 Å². The van der Waals surface area contributed by atoms with Crippen molar-refractivity contribution < 1.29 is 36.7 Å². The van der Waals surface area contributed by atoms with Gasteiger partial charge in [-0.25, -0.2) is 9.78 Å². The second-order valence-corrected chi connectivity index (χ2v) is 6.50. The molecule has 0 fully saturated rings. The number of aromatic nitrogens is 2. The minimum atomic E-state index is -4.62. The van der Waals surface area contributed by atoms with Gasteiger partial charge in [-0.3, -0.25) is 4.79 Å². The second kappa shape index (κ2) is 8.70. The number of nitrogens with zero attached hydrogens (tertiary/aromatic N) is 2. The van der Waals surface area contributed by atoms with Crippen molar-refractivity contribution in [3.63, 3.8) is 0 Å². The molecule has 3 aromatic heterocycles. The van der Waals surface area contributed by atoms with Crippen LogP contribution in [-0.2, 0) is 18.2 Å². The molecule has 166 valence electrons. The summed E-state index contributed by atoms with van der Waals surface area (Å²) in [5.74, 6) is -1.67. The summed E-state index contributed by atoms with van der Waals surface area (Å²) in [6.45, 7) is 1.79. The highest BCUT2D eigenvalue weighted by Gasteiger charge is 2.32. The number of furan rings is 1. The number of aryl methyl sites for hydroxylation is 2. The van der Waals surface area contributed by atoms with E-state index < -0.39 is 24.7 Å². The molecule has 8 nitrogen and oxygen atoms in total. The second-order valence-electron chi connectivity index (χ2n) is 6.50. The quantitative estimate of drug-likeness (QED) is 0.557. The summed E-state index contributed by atoms with van der Waals surface area (Å²) in [7, 11) is 1.47. The maximum Gasteiger partial charge on any atom is 0.422 e. The van der Waals surface area contributed by atoms with Crippen LogP contribution >= 0.6 is 0 Å². The molecule has 11 heteroatoms. The molecule has 0 unspecified atom stereocenters. The van der Waals surface area contributed by atoms with Crippen molar-refractivity contribution in [1.82, 2.24) is 9.55 Å². The third kappa shape index (κ3) is 4.65. The number of pyridine rings is 1. The minimum absolute atomic E-state index is 0.0250. The van der Waals surface area contributed by atoms with E-state index in [0.29, 0.717) is 12.1 Å². The molecule has 1 amide bonds. The lowest BCUT2D eigenvalue weighted by atomic mass is 10.2. The van der Waals surface area contributed by atoms with Gasteiger partial charge in [0.05, 0.1) is 29.6 Å². The largest absolute Gasteiger partial charge is 0.481 e. The predicted molar refractivity (Wildman–Crippen MR) is 104 cm³/mol. The molecule has 31 heavy (non-hydrogen) atoms. The molecule has 0 spiro atoms. The van der Waals surface area contributed by atoms with Crippen molar-refractivity contribution in [1.29, 1.82) is 0 Å². The molecule has 3 aromatic rings. The summed E-state index contributed by atoms with van der Waals surface area (Å²) in [4.78, 5) is 29.3. The highest BCUT2D eigenvalue weighted by molar-refractivity contribution is 6.05. The average molecular weight is 439 g/mol. The van der Waals surface area contributed by atoms with E-state index in [4.69, 9.17) is 13.9 Å². The molecule has 0 saturated heterocycles. The summed E-state index contributed by atoms with van der Waals surface area (Å²) in [5.41, 5.74) is 0.735. The van der Waals surface area contributed by atoms with Crippen molar-refractivity contribution in [2.75, 3.05) is 18.5 Å². The molecular weight excluding hydrogens is 419 g/mol. The molecule has 3 heterocycles. The number of fused-ring (bicyclic) bond motifs is 1. The number of nitrogens with one attached hydrogen (secondary N) is 1.